The van der Waals surface area contributed by atoms with Crippen LogP contribution in [0.4, 0.5) is 0 Å². The van der Waals surface area contributed by atoms with Gasteiger partial charge in [-0.05, 0) is 20.4 Å². The maximum atomic E-state index is 11.3. The minimum Gasteiger partial charge on any atom is -0.392 e. The van der Waals surface area contributed by atoms with E-state index in [2.05, 4.69) is 5.32 Å². The Morgan fingerprint density at radius 2 is 2.13 bits per heavy atom. The molecule has 1 amide bonds. The molecule has 0 aromatic rings. The van der Waals surface area contributed by atoms with Crippen molar-refractivity contribution in [3.63, 3.8) is 0 Å². The molecular formula is C10H22N2O2S. The Bertz CT molecular complexity index is 212. The van der Waals surface area contributed by atoms with Gasteiger partial charge in [0.25, 0.3) is 0 Å². The first-order chi connectivity index (χ1) is 6.83. The molecule has 90 valence electrons. The van der Waals surface area contributed by atoms with Gasteiger partial charge in [-0.15, -0.1) is 0 Å². The molecule has 5 heteroatoms. The zero-order valence-electron chi connectivity index (χ0n) is 9.91. The summed E-state index contributed by atoms with van der Waals surface area (Å²) in [6, 6.07) is 0. The Hall–Kier alpha value is -0.260. The molecule has 0 fully saturated rings. The second-order valence-corrected chi connectivity index (χ2v) is 5.35. The number of rotatable bonds is 7. The van der Waals surface area contributed by atoms with E-state index in [1.54, 1.807) is 25.6 Å². The van der Waals surface area contributed by atoms with Crippen molar-refractivity contribution >= 4 is 17.7 Å². The molecule has 0 aliphatic rings. The maximum absolute atomic E-state index is 11.3. The summed E-state index contributed by atoms with van der Waals surface area (Å²) in [6.45, 7) is 8.10. The number of thioether (sulfide) groups is 1. The van der Waals surface area contributed by atoms with Crippen LogP contribution in [0.15, 0.2) is 0 Å². The lowest BCUT2D eigenvalue weighted by atomic mass is 10.1. The predicted molar refractivity (Wildman–Crippen MR) is 64.9 cm³/mol. The minimum atomic E-state index is -0.692. The van der Waals surface area contributed by atoms with Crippen molar-refractivity contribution in [1.29, 1.82) is 0 Å². The van der Waals surface area contributed by atoms with Gasteiger partial charge in [0.05, 0.1) is 6.10 Å². The molecule has 3 atom stereocenters. The third-order valence-corrected chi connectivity index (χ3v) is 4.09. The molecule has 0 spiro atoms. The van der Waals surface area contributed by atoms with Crippen molar-refractivity contribution in [2.75, 3.05) is 12.3 Å². The SMILES string of the molecule is CCNC(C)(CSC(C)C(C)O)C(N)=O. The topological polar surface area (TPSA) is 75.3 Å². The third-order valence-electron chi connectivity index (χ3n) is 2.43. The maximum Gasteiger partial charge on any atom is 0.238 e. The Balaban J connectivity index is 4.25. The van der Waals surface area contributed by atoms with Crippen molar-refractivity contribution < 1.29 is 9.90 Å². The Kier molecular flexibility index (Phi) is 6.24. The minimum absolute atomic E-state index is 0.0994. The summed E-state index contributed by atoms with van der Waals surface area (Å²) < 4.78 is 0. The number of nitrogens with one attached hydrogen (secondary N) is 1. The molecule has 0 aliphatic carbocycles. The van der Waals surface area contributed by atoms with Crippen LogP contribution in [0.1, 0.15) is 27.7 Å². The van der Waals surface area contributed by atoms with Crippen molar-refractivity contribution in [2.24, 2.45) is 5.73 Å². The van der Waals surface area contributed by atoms with E-state index < -0.39 is 5.54 Å². The number of carbonyl (C=O) groups is 1. The smallest absolute Gasteiger partial charge is 0.238 e. The first-order valence-corrected chi connectivity index (χ1v) is 6.23. The van der Waals surface area contributed by atoms with Crippen LogP contribution in [0.2, 0.25) is 0 Å². The van der Waals surface area contributed by atoms with Crippen LogP contribution < -0.4 is 11.1 Å². The van der Waals surface area contributed by atoms with Crippen LogP contribution in [0, 0.1) is 0 Å². The first-order valence-electron chi connectivity index (χ1n) is 5.18. The van der Waals surface area contributed by atoms with Gasteiger partial charge in [0.1, 0.15) is 5.54 Å². The van der Waals surface area contributed by atoms with Gasteiger partial charge in [-0.1, -0.05) is 13.8 Å². The van der Waals surface area contributed by atoms with Crippen LogP contribution >= 0.6 is 11.8 Å². The predicted octanol–water partition coefficient (Wildman–Crippen LogP) is 0.342. The Morgan fingerprint density at radius 1 is 1.60 bits per heavy atom. The number of amides is 1. The number of likely N-dealkylation sites (N-methyl/N-ethyl adjacent to an activating group) is 1. The third kappa shape index (κ3) is 4.86. The van der Waals surface area contributed by atoms with Gasteiger partial charge in [0.2, 0.25) is 5.91 Å². The number of aliphatic hydroxyl groups excluding tert-OH is 1. The molecule has 4 N–H and O–H groups in total. The van der Waals surface area contributed by atoms with Crippen LogP contribution in [-0.4, -0.2) is 40.2 Å². The molecule has 0 rings (SSSR count). The molecule has 0 radical (unpaired) electrons. The second kappa shape index (κ2) is 6.35. The van der Waals surface area contributed by atoms with E-state index in [4.69, 9.17) is 5.73 Å². The summed E-state index contributed by atoms with van der Waals surface area (Å²) in [5.74, 6) is 0.219. The molecule has 0 aromatic carbocycles. The molecule has 0 saturated heterocycles. The molecule has 4 nitrogen and oxygen atoms in total. The Labute approximate surface area is 96.0 Å². The largest absolute Gasteiger partial charge is 0.392 e. The number of nitrogens with two attached hydrogens (primary N) is 1. The number of carbonyl (C=O) groups excluding carboxylic acids is 1. The van der Waals surface area contributed by atoms with Gasteiger partial charge in [-0.2, -0.15) is 11.8 Å². The highest BCUT2D eigenvalue weighted by Crippen LogP contribution is 2.20. The van der Waals surface area contributed by atoms with E-state index in [9.17, 15) is 9.90 Å². The van der Waals surface area contributed by atoms with Gasteiger partial charge in [-0.25, -0.2) is 0 Å². The van der Waals surface area contributed by atoms with Crippen LogP contribution in [0.25, 0.3) is 0 Å². The molecule has 0 bridgehead atoms. The van der Waals surface area contributed by atoms with E-state index in [0.29, 0.717) is 12.3 Å². The van der Waals surface area contributed by atoms with Crippen molar-refractivity contribution in [2.45, 2.75) is 44.6 Å². The highest BCUT2D eigenvalue weighted by molar-refractivity contribution is 8.00. The normalized spacial score (nSPS) is 19.3. The van der Waals surface area contributed by atoms with Gasteiger partial charge in [0.15, 0.2) is 0 Å². The fourth-order valence-electron chi connectivity index (χ4n) is 1.04. The first kappa shape index (κ1) is 14.7. The van der Waals surface area contributed by atoms with E-state index in [0.717, 1.165) is 0 Å². The van der Waals surface area contributed by atoms with E-state index in [1.807, 2.05) is 13.8 Å². The lowest BCUT2D eigenvalue weighted by molar-refractivity contribution is -0.122. The van der Waals surface area contributed by atoms with Gasteiger partial charge in [-0.3, -0.25) is 4.79 Å². The van der Waals surface area contributed by atoms with E-state index >= 15 is 0 Å². The van der Waals surface area contributed by atoms with Gasteiger partial charge < -0.3 is 16.2 Å². The van der Waals surface area contributed by atoms with Crippen LogP contribution in [0.5, 0.6) is 0 Å². The van der Waals surface area contributed by atoms with Crippen molar-refractivity contribution in [3.8, 4) is 0 Å². The lowest BCUT2D eigenvalue weighted by Gasteiger charge is -2.28. The zero-order valence-corrected chi connectivity index (χ0v) is 10.7. The lowest BCUT2D eigenvalue weighted by Crippen LogP contribution is -2.55. The van der Waals surface area contributed by atoms with Crippen LogP contribution in [0.3, 0.4) is 0 Å². The van der Waals surface area contributed by atoms with Crippen molar-refractivity contribution in [1.82, 2.24) is 5.32 Å². The van der Waals surface area contributed by atoms with Crippen molar-refractivity contribution in [3.05, 3.63) is 0 Å². The summed E-state index contributed by atoms with van der Waals surface area (Å²) in [4.78, 5) is 11.3. The molecule has 0 aromatic heterocycles. The zero-order chi connectivity index (χ0) is 12.1. The number of hydrogen-bond donors (Lipinski definition) is 3. The number of hydrogen-bond acceptors (Lipinski definition) is 4. The molecule has 0 aliphatic heterocycles. The Morgan fingerprint density at radius 3 is 2.47 bits per heavy atom. The van der Waals surface area contributed by atoms with E-state index in [1.165, 1.54) is 0 Å². The summed E-state index contributed by atoms with van der Waals surface area (Å²) in [5.41, 5.74) is 4.65. The summed E-state index contributed by atoms with van der Waals surface area (Å²) in [5, 5.41) is 12.5. The van der Waals surface area contributed by atoms with Gasteiger partial charge >= 0.3 is 0 Å². The summed E-state index contributed by atoms with van der Waals surface area (Å²) in [7, 11) is 0. The number of primary amides is 1. The summed E-state index contributed by atoms with van der Waals surface area (Å²) in [6.07, 6.45) is -0.381. The quantitative estimate of drug-likeness (QED) is 0.594. The average molecular weight is 234 g/mol. The fraction of sp³-hybridized carbons (Fsp3) is 0.900. The molecule has 3 unspecified atom stereocenters. The monoisotopic (exact) mass is 234 g/mol. The number of aliphatic hydroxyl groups is 1. The molecule has 0 saturated carbocycles. The molecule has 0 heterocycles. The second-order valence-electron chi connectivity index (χ2n) is 3.98. The fourth-order valence-corrected chi connectivity index (χ4v) is 2.16. The average Bonchev–Trinajstić information content (AvgIpc) is 2.14. The highest BCUT2D eigenvalue weighted by Gasteiger charge is 2.30. The molecule has 15 heavy (non-hydrogen) atoms. The van der Waals surface area contributed by atoms with Crippen LogP contribution in [-0.2, 0) is 4.79 Å². The van der Waals surface area contributed by atoms with Gasteiger partial charge in [0, 0.05) is 11.0 Å². The van der Waals surface area contributed by atoms with E-state index in [-0.39, 0.29) is 17.3 Å². The molecular weight excluding hydrogens is 212 g/mol. The standard InChI is InChI=1S/C10H22N2O2S/c1-5-12-10(4,9(11)14)6-15-8(3)7(2)13/h7-8,12-13H,5-6H2,1-4H3,(H2,11,14). The highest BCUT2D eigenvalue weighted by atomic mass is 32.2. The summed E-state index contributed by atoms with van der Waals surface area (Å²) >= 11 is 1.55.